The van der Waals surface area contributed by atoms with Crippen molar-refractivity contribution in [1.82, 2.24) is 20.1 Å². The summed E-state index contributed by atoms with van der Waals surface area (Å²) in [5.74, 6) is -0.804. The van der Waals surface area contributed by atoms with Crippen molar-refractivity contribution in [1.29, 1.82) is 0 Å². The summed E-state index contributed by atoms with van der Waals surface area (Å²) in [6, 6.07) is 15.0. The lowest BCUT2D eigenvalue weighted by Gasteiger charge is -2.08. The van der Waals surface area contributed by atoms with Gasteiger partial charge in [0.2, 0.25) is 5.91 Å². The fraction of sp³-hybridized carbons (Fsp3) is 0.0909. The van der Waals surface area contributed by atoms with Crippen molar-refractivity contribution in [2.24, 2.45) is 0 Å². The summed E-state index contributed by atoms with van der Waals surface area (Å²) in [6.45, 7) is 1.72. The van der Waals surface area contributed by atoms with Crippen molar-refractivity contribution in [3.63, 3.8) is 0 Å². The first-order chi connectivity index (χ1) is 15.0. The first-order valence-electron chi connectivity index (χ1n) is 9.40. The van der Waals surface area contributed by atoms with E-state index in [2.05, 4.69) is 20.7 Å². The molecule has 0 aliphatic carbocycles. The van der Waals surface area contributed by atoms with Crippen LogP contribution in [0.3, 0.4) is 0 Å². The van der Waals surface area contributed by atoms with Crippen molar-refractivity contribution < 1.29 is 9.59 Å². The second-order valence-electron chi connectivity index (χ2n) is 6.76. The summed E-state index contributed by atoms with van der Waals surface area (Å²) in [7, 11) is 0. The number of halogens is 1. The van der Waals surface area contributed by atoms with Crippen molar-refractivity contribution in [3.05, 3.63) is 82.6 Å². The highest BCUT2D eigenvalue weighted by Gasteiger charge is 2.15. The lowest BCUT2D eigenvalue weighted by molar-refractivity contribution is -0.115. The first kappa shape index (κ1) is 20.8. The molecule has 0 bridgehead atoms. The van der Waals surface area contributed by atoms with Gasteiger partial charge in [-0.05, 0) is 36.8 Å². The van der Waals surface area contributed by atoms with E-state index in [1.54, 1.807) is 28.4 Å². The molecule has 4 aromatic rings. The standard InChI is InChI=1S/C22H18ClN5O2S/c1-14-7-8-18(17(23)9-14)26-20(29)11-24-21(30)19-13-31-22(27-19)15-10-25-28(12-15)16-5-3-2-4-6-16/h2-10,12-13H,11H2,1H3,(H,24,30)(H,26,29). The number of para-hydroxylation sites is 1. The van der Waals surface area contributed by atoms with Gasteiger partial charge in [0.1, 0.15) is 10.7 Å². The van der Waals surface area contributed by atoms with Gasteiger partial charge in [0, 0.05) is 17.1 Å². The molecule has 0 aliphatic rings. The quantitative estimate of drug-likeness (QED) is 0.456. The van der Waals surface area contributed by atoms with E-state index in [1.807, 2.05) is 49.5 Å². The second kappa shape index (κ2) is 9.11. The van der Waals surface area contributed by atoms with Gasteiger partial charge in [-0.3, -0.25) is 9.59 Å². The Hall–Kier alpha value is -3.49. The molecule has 0 fully saturated rings. The van der Waals surface area contributed by atoms with Gasteiger partial charge >= 0.3 is 0 Å². The molecule has 2 N–H and O–H groups in total. The first-order valence-corrected chi connectivity index (χ1v) is 10.7. The smallest absolute Gasteiger partial charge is 0.271 e. The molecule has 31 heavy (non-hydrogen) atoms. The average molecular weight is 452 g/mol. The summed E-state index contributed by atoms with van der Waals surface area (Å²) in [4.78, 5) is 28.9. The monoisotopic (exact) mass is 451 g/mol. The lowest BCUT2D eigenvalue weighted by atomic mass is 10.2. The van der Waals surface area contributed by atoms with Gasteiger partial charge in [-0.1, -0.05) is 35.9 Å². The van der Waals surface area contributed by atoms with Crippen LogP contribution in [0.25, 0.3) is 16.3 Å². The number of hydrogen-bond donors (Lipinski definition) is 2. The largest absolute Gasteiger partial charge is 0.342 e. The zero-order chi connectivity index (χ0) is 21.8. The van der Waals surface area contributed by atoms with E-state index in [0.717, 1.165) is 16.8 Å². The molecule has 0 unspecified atom stereocenters. The van der Waals surface area contributed by atoms with E-state index in [4.69, 9.17) is 11.6 Å². The Balaban J connectivity index is 1.36. The van der Waals surface area contributed by atoms with Crippen molar-refractivity contribution >= 4 is 40.4 Å². The molecule has 156 valence electrons. The number of carbonyl (C=O) groups is 2. The normalized spacial score (nSPS) is 10.6. The highest BCUT2D eigenvalue weighted by atomic mass is 35.5. The second-order valence-corrected chi connectivity index (χ2v) is 8.03. The average Bonchev–Trinajstić information content (AvgIpc) is 3.44. The summed E-state index contributed by atoms with van der Waals surface area (Å²) in [5.41, 5.74) is 3.47. The van der Waals surface area contributed by atoms with Gasteiger partial charge in [-0.2, -0.15) is 5.10 Å². The molecule has 0 spiro atoms. The van der Waals surface area contributed by atoms with Crippen molar-refractivity contribution in [2.75, 3.05) is 11.9 Å². The number of aryl methyl sites for hydroxylation is 1. The molecule has 2 heterocycles. The van der Waals surface area contributed by atoms with Gasteiger partial charge in [0.05, 0.1) is 29.1 Å². The minimum absolute atomic E-state index is 0.193. The number of amides is 2. The van der Waals surface area contributed by atoms with E-state index < -0.39 is 5.91 Å². The number of nitrogens with zero attached hydrogens (tertiary/aromatic N) is 3. The third-order valence-electron chi connectivity index (χ3n) is 4.40. The van der Waals surface area contributed by atoms with E-state index in [-0.39, 0.29) is 18.1 Å². The molecule has 0 saturated heterocycles. The van der Waals surface area contributed by atoms with Crippen LogP contribution in [0.5, 0.6) is 0 Å². The Labute approximate surface area is 187 Å². The molecule has 2 aromatic heterocycles. The predicted molar refractivity (Wildman–Crippen MR) is 122 cm³/mol. The Kier molecular flexibility index (Phi) is 6.11. The molecule has 2 amide bonds. The highest BCUT2D eigenvalue weighted by Crippen LogP contribution is 2.24. The third kappa shape index (κ3) is 4.99. The number of aromatic nitrogens is 3. The van der Waals surface area contributed by atoms with Crippen LogP contribution in [-0.2, 0) is 4.79 Å². The number of benzene rings is 2. The Morgan fingerprint density at radius 2 is 1.97 bits per heavy atom. The number of anilines is 1. The van der Waals surface area contributed by atoms with Crippen LogP contribution in [0.1, 0.15) is 16.1 Å². The SMILES string of the molecule is Cc1ccc(NC(=O)CNC(=O)c2csc(-c3cnn(-c4ccccc4)c3)n2)c(Cl)c1. The van der Waals surface area contributed by atoms with Gasteiger partial charge in [0.25, 0.3) is 5.91 Å². The zero-order valence-corrected chi connectivity index (χ0v) is 18.1. The predicted octanol–water partition coefficient (Wildman–Crippen LogP) is 4.33. The Bertz CT molecular complexity index is 1240. The summed E-state index contributed by atoms with van der Waals surface area (Å²) >= 11 is 7.45. The number of rotatable bonds is 6. The van der Waals surface area contributed by atoms with Gasteiger partial charge in [-0.25, -0.2) is 9.67 Å². The summed E-state index contributed by atoms with van der Waals surface area (Å²) in [6.07, 6.45) is 3.56. The molecule has 2 aromatic carbocycles. The molecule has 0 aliphatic heterocycles. The number of carbonyl (C=O) groups excluding carboxylic acids is 2. The molecule has 0 radical (unpaired) electrons. The maximum Gasteiger partial charge on any atom is 0.271 e. The van der Waals surface area contributed by atoms with Crippen LogP contribution >= 0.6 is 22.9 Å². The van der Waals surface area contributed by atoms with Gasteiger partial charge in [-0.15, -0.1) is 11.3 Å². The van der Waals surface area contributed by atoms with Crippen LogP contribution in [0.15, 0.2) is 66.3 Å². The van der Waals surface area contributed by atoms with Crippen LogP contribution in [0.4, 0.5) is 5.69 Å². The Morgan fingerprint density at radius 1 is 1.16 bits per heavy atom. The van der Waals surface area contributed by atoms with Crippen LogP contribution < -0.4 is 10.6 Å². The minimum Gasteiger partial charge on any atom is -0.342 e. The maximum absolute atomic E-state index is 12.4. The number of hydrogen-bond acceptors (Lipinski definition) is 5. The van der Waals surface area contributed by atoms with Crippen molar-refractivity contribution in [2.45, 2.75) is 6.92 Å². The van der Waals surface area contributed by atoms with E-state index in [0.29, 0.717) is 15.7 Å². The number of thiazole rings is 1. The van der Waals surface area contributed by atoms with E-state index in [1.165, 1.54) is 11.3 Å². The fourth-order valence-electron chi connectivity index (χ4n) is 2.83. The van der Waals surface area contributed by atoms with Crippen LogP contribution in [-0.4, -0.2) is 33.1 Å². The molecule has 4 rings (SSSR count). The minimum atomic E-state index is -0.428. The Morgan fingerprint density at radius 3 is 2.74 bits per heavy atom. The lowest BCUT2D eigenvalue weighted by Crippen LogP contribution is -2.33. The van der Waals surface area contributed by atoms with Crippen LogP contribution in [0, 0.1) is 6.92 Å². The van der Waals surface area contributed by atoms with E-state index in [9.17, 15) is 9.59 Å². The summed E-state index contributed by atoms with van der Waals surface area (Å²) < 4.78 is 1.75. The van der Waals surface area contributed by atoms with Crippen LogP contribution in [0.2, 0.25) is 5.02 Å². The molecule has 0 saturated carbocycles. The molecule has 0 atom stereocenters. The topological polar surface area (TPSA) is 88.9 Å². The van der Waals surface area contributed by atoms with Crippen molar-refractivity contribution in [3.8, 4) is 16.3 Å². The fourth-order valence-corrected chi connectivity index (χ4v) is 3.89. The number of nitrogens with one attached hydrogen (secondary N) is 2. The third-order valence-corrected chi connectivity index (χ3v) is 5.60. The molecule has 7 nitrogen and oxygen atoms in total. The highest BCUT2D eigenvalue weighted by molar-refractivity contribution is 7.13. The molecular formula is C22H18ClN5O2S. The molecule has 9 heteroatoms. The molecular weight excluding hydrogens is 434 g/mol. The summed E-state index contributed by atoms with van der Waals surface area (Å²) in [5, 5.41) is 12.4. The zero-order valence-electron chi connectivity index (χ0n) is 16.5. The maximum atomic E-state index is 12.4. The van der Waals surface area contributed by atoms with Gasteiger partial charge in [0.15, 0.2) is 0 Å². The van der Waals surface area contributed by atoms with Gasteiger partial charge < -0.3 is 10.6 Å². The van der Waals surface area contributed by atoms with E-state index >= 15 is 0 Å².